The molecule has 2 unspecified atom stereocenters. The highest BCUT2D eigenvalue weighted by molar-refractivity contribution is 7.07. The minimum Gasteiger partial charge on any atom is -0.387 e. The minimum absolute atomic E-state index is 0.305. The van der Waals surface area contributed by atoms with Gasteiger partial charge in [0.25, 0.3) is 0 Å². The van der Waals surface area contributed by atoms with Gasteiger partial charge in [0.15, 0.2) is 0 Å². The lowest BCUT2D eigenvalue weighted by molar-refractivity contribution is 0.170. The van der Waals surface area contributed by atoms with E-state index < -0.39 is 6.10 Å². The van der Waals surface area contributed by atoms with Crippen molar-refractivity contribution >= 4 is 11.3 Å². The van der Waals surface area contributed by atoms with Gasteiger partial charge in [0.05, 0.1) is 6.10 Å². The molecule has 0 spiro atoms. The summed E-state index contributed by atoms with van der Waals surface area (Å²) in [6.07, 6.45) is 0.592. The maximum absolute atomic E-state index is 10.0. The van der Waals surface area contributed by atoms with Crippen LogP contribution in [0.4, 0.5) is 0 Å². The molecule has 0 amide bonds. The lowest BCUT2D eigenvalue weighted by atomic mass is 10.0. The van der Waals surface area contributed by atoms with Gasteiger partial charge < -0.3 is 10.4 Å². The van der Waals surface area contributed by atoms with Gasteiger partial charge in [-0.15, -0.1) is 0 Å². The number of rotatable bonds is 6. The Bertz CT molecular complexity index is 441. The summed E-state index contributed by atoms with van der Waals surface area (Å²) in [5.41, 5.74) is 2.27. The molecule has 0 aliphatic heterocycles. The standard InChI is InChI=1S/C15H19NOS/c1-2-14(12-6-4-3-5-7-12)16-10-15(17)13-8-9-18-11-13/h3-9,11,14-17H,2,10H2,1H3. The van der Waals surface area contributed by atoms with Gasteiger partial charge in [0.1, 0.15) is 0 Å². The van der Waals surface area contributed by atoms with Crippen LogP contribution in [0.2, 0.25) is 0 Å². The molecule has 0 radical (unpaired) electrons. The van der Waals surface area contributed by atoms with E-state index in [1.807, 2.05) is 22.9 Å². The third-order valence-corrected chi connectivity index (χ3v) is 3.80. The molecule has 2 N–H and O–H groups in total. The molecule has 1 aromatic carbocycles. The first-order chi connectivity index (χ1) is 8.81. The molecule has 2 aromatic rings. The van der Waals surface area contributed by atoms with Crippen LogP contribution in [0.25, 0.3) is 0 Å². The van der Waals surface area contributed by atoms with Gasteiger partial charge in [-0.25, -0.2) is 0 Å². The molecule has 96 valence electrons. The molecule has 0 bridgehead atoms. The van der Waals surface area contributed by atoms with Crippen LogP contribution in [0.5, 0.6) is 0 Å². The zero-order valence-electron chi connectivity index (χ0n) is 10.5. The van der Waals surface area contributed by atoms with Gasteiger partial charge in [-0.1, -0.05) is 37.3 Å². The fourth-order valence-electron chi connectivity index (χ4n) is 2.02. The Labute approximate surface area is 112 Å². The summed E-state index contributed by atoms with van der Waals surface area (Å²) in [6, 6.07) is 12.6. The van der Waals surface area contributed by atoms with E-state index in [1.165, 1.54) is 5.56 Å². The van der Waals surface area contributed by atoms with Crippen molar-refractivity contribution in [2.75, 3.05) is 6.54 Å². The van der Waals surface area contributed by atoms with E-state index >= 15 is 0 Å². The maximum Gasteiger partial charge on any atom is 0.0922 e. The number of thiophene rings is 1. The van der Waals surface area contributed by atoms with E-state index in [-0.39, 0.29) is 0 Å². The summed E-state index contributed by atoms with van der Waals surface area (Å²) in [6.45, 7) is 2.74. The molecule has 0 saturated heterocycles. The van der Waals surface area contributed by atoms with Crippen LogP contribution in [0.15, 0.2) is 47.2 Å². The molecule has 0 saturated carbocycles. The highest BCUT2D eigenvalue weighted by atomic mass is 32.1. The van der Waals surface area contributed by atoms with E-state index in [4.69, 9.17) is 0 Å². The van der Waals surface area contributed by atoms with E-state index in [9.17, 15) is 5.11 Å². The number of aliphatic hydroxyl groups excluding tert-OH is 1. The van der Waals surface area contributed by atoms with Crippen molar-refractivity contribution in [3.63, 3.8) is 0 Å². The zero-order valence-corrected chi connectivity index (χ0v) is 11.4. The fourth-order valence-corrected chi connectivity index (χ4v) is 2.73. The van der Waals surface area contributed by atoms with E-state index in [0.29, 0.717) is 12.6 Å². The Morgan fingerprint density at radius 2 is 1.94 bits per heavy atom. The van der Waals surface area contributed by atoms with Gasteiger partial charge >= 0.3 is 0 Å². The first-order valence-electron chi connectivity index (χ1n) is 6.29. The number of hydrogen-bond acceptors (Lipinski definition) is 3. The highest BCUT2D eigenvalue weighted by Crippen LogP contribution is 2.19. The van der Waals surface area contributed by atoms with Gasteiger partial charge in [-0.2, -0.15) is 11.3 Å². The normalized spacial score (nSPS) is 14.3. The average molecular weight is 261 g/mol. The number of aliphatic hydroxyl groups is 1. The smallest absolute Gasteiger partial charge is 0.0922 e. The first kappa shape index (κ1) is 13.3. The summed E-state index contributed by atoms with van der Waals surface area (Å²) >= 11 is 1.62. The van der Waals surface area contributed by atoms with E-state index in [0.717, 1.165) is 12.0 Å². The highest BCUT2D eigenvalue weighted by Gasteiger charge is 2.12. The monoisotopic (exact) mass is 261 g/mol. The molecule has 0 fully saturated rings. The van der Waals surface area contributed by atoms with Crippen LogP contribution < -0.4 is 5.32 Å². The van der Waals surface area contributed by atoms with E-state index in [1.54, 1.807) is 11.3 Å². The average Bonchev–Trinajstić information content (AvgIpc) is 2.94. The molecule has 0 aliphatic rings. The van der Waals surface area contributed by atoms with Crippen LogP contribution in [-0.4, -0.2) is 11.7 Å². The molecule has 18 heavy (non-hydrogen) atoms. The topological polar surface area (TPSA) is 32.3 Å². The quantitative estimate of drug-likeness (QED) is 0.834. The van der Waals surface area contributed by atoms with Crippen molar-refractivity contribution in [3.05, 3.63) is 58.3 Å². The van der Waals surface area contributed by atoms with Gasteiger partial charge in [0, 0.05) is 12.6 Å². The molecular weight excluding hydrogens is 242 g/mol. The lowest BCUT2D eigenvalue weighted by Crippen LogP contribution is -2.26. The second kappa shape index (κ2) is 6.69. The number of hydrogen-bond donors (Lipinski definition) is 2. The molecule has 2 atom stereocenters. The van der Waals surface area contributed by atoms with Crippen LogP contribution in [0.3, 0.4) is 0 Å². The molecule has 1 heterocycles. The van der Waals surface area contributed by atoms with Gasteiger partial charge in [0.2, 0.25) is 0 Å². The second-order valence-corrected chi connectivity index (χ2v) is 5.13. The lowest BCUT2D eigenvalue weighted by Gasteiger charge is -2.19. The Hall–Kier alpha value is -1.16. The molecule has 2 rings (SSSR count). The fraction of sp³-hybridized carbons (Fsp3) is 0.333. The third-order valence-electron chi connectivity index (χ3n) is 3.10. The summed E-state index contributed by atoms with van der Waals surface area (Å²) in [5.74, 6) is 0. The summed E-state index contributed by atoms with van der Waals surface area (Å²) in [7, 11) is 0. The SMILES string of the molecule is CCC(NCC(O)c1ccsc1)c1ccccc1. The molecule has 2 nitrogen and oxygen atoms in total. The van der Waals surface area contributed by atoms with Crippen molar-refractivity contribution in [1.29, 1.82) is 0 Å². The molecule has 1 aromatic heterocycles. The third kappa shape index (κ3) is 3.42. The van der Waals surface area contributed by atoms with E-state index in [2.05, 4.69) is 36.5 Å². The van der Waals surface area contributed by atoms with Crippen LogP contribution in [-0.2, 0) is 0 Å². The first-order valence-corrected chi connectivity index (χ1v) is 7.24. The minimum atomic E-state index is -0.422. The predicted molar refractivity (Wildman–Crippen MR) is 76.8 cm³/mol. The van der Waals surface area contributed by atoms with Crippen LogP contribution in [0, 0.1) is 0 Å². The number of benzene rings is 1. The molecule has 3 heteroatoms. The van der Waals surface area contributed by atoms with Crippen molar-refractivity contribution in [3.8, 4) is 0 Å². The summed E-state index contributed by atoms with van der Waals surface area (Å²) in [5, 5.41) is 17.5. The predicted octanol–water partition coefficient (Wildman–Crippen LogP) is 3.52. The second-order valence-electron chi connectivity index (χ2n) is 4.35. The molecule has 0 aliphatic carbocycles. The van der Waals surface area contributed by atoms with Crippen LogP contribution in [0.1, 0.15) is 36.6 Å². The maximum atomic E-state index is 10.0. The van der Waals surface area contributed by atoms with Crippen molar-refractivity contribution in [2.45, 2.75) is 25.5 Å². The number of nitrogens with one attached hydrogen (secondary N) is 1. The summed E-state index contributed by atoms with van der Waals surface area (Å²) < 4.78 is 0. The Kier molecular flexibility index (Phi) is 4.93. The van der Waals surface area contributed by atoms with Crippen molar-refractivity contribution in [1.82, 2.24) is 5.32 Å². The largest absolute Gasteiger partial charge is 0.387 e. The Balaban J connectivity index is 1.92. The van der Waals surface area contributed by atoms with Gasteiger partial charge in [-0.3, -0.25) is 0 Å². The Morgan fingerprint density at radius 3 is 2.56 bits per heavy atom. The molecular formula is C15H19NOS. The van der Waals surface area contributed by atoms with Gasteiger partial charge in [-0.05, 0) is 34.4 Å². The van der Waals surface area contributed by atoms with Crippen molar-refractivity contribution < 1.29 is 5.11 Å². The Morgan fingerprint density at radius 1 is 1.17 bits per heavy atom. The van der Waals surface area contributed by atoms with Crippen molar-refractivity contribution in [2.24, 2.45) is 0 Å². The summed E-state index contributed by atoms with van der Waals surface area (Å²) in [4.78, 5) is 0. The van der Waals surface area contributed by atoms with Crippen LogP contribution >= 0.6 is 11.3 Å². The zero-order chi connectivity index (χ0) is 12.8.